The Balaban J connectivity index is 2.86. The van der Waals surface area contributed by atoms with Crippen LogP contribution in [0, 0.1) is 0 Å². The third kappa shape index (κ3) is 1.69. The first kappa shape index (κ1) is 7.51. The highest BCUT2D eigenvalue weighted by atomic mass is 35.5. The van der Waals surface area contributed by atoms with Gasteiger partial charge in [0, 0.05) is 4.88 Å². The smallest absolute Gasteiger partial charge is 0.144 e. The van der Waals surface area contributed by atoms with Gasteiger partial charge in [0.15, 0.2) is 0 Å². The van der Waals surface area contributed by atoms with E-state index in [0.29, 0.717) is 11.3 Å². The minimum absolute atomic E-state index is 0.505. The number of carbonyl (C=O) groups is 1. The number of thiophene rings is 1. The van der Waals surface area contributed by atoms with Gasteiger partial charge >= 0.3 is 0 Å². The Bertz CT molecular complexity index is 238. The summed E-state index contributed by atoms with van der Waals surface area (Å²) in [5.41, 5.74) is 0. The molecule has 1 aromatic rings. The van der Waals surface area contributed by atoms with Crippen molar-refractivity contribution in [2.45, 2.75) is 0 Å². The summed E-state index contributed by atoms with van der Waals surface area (Å²) >= 11 is 7.20. The highest BCUT2D eigenvalue weighted by Crippen LogP contribution is 2.22. The van der Waals surface area contributed by atoms with Crippen LogP contribution in [0.25, 0.3) is 5.03 Å². The van der Waals surface area contributed by atoms with Crippen LogP contribution in [0.3, 0.4) is 0 Å². The molecule has 1 aromatic heterocycles. The standard InChI is InChI=1S/C7H5ClOS/c8-6(3-4-9)7-2-1-5-10-7/h1-5H/b6-3+. The molecule has 0 fully saturated rings. The van der Waals surface area contributed by atoms with Crippen LogP contribution >= 0.6 is 22.9 Å². The Morgan fingerprint density at radius 3 is 3.00 bits per heavy atom. The predicted octanol–water partition coefficient (Wildman–Crippen LogP) is 2.53. The summed E-state index contributed by atoms with van der Waals surface area (Å²) in [7, 11) is 0. The average Bonchev–Trinajstić information content (AvgIpc) is 2.38. The molecule has 0 aromatic carbocycles. The van der Waals surface area contributed by atoms with Crippen molar-refractivity contribution in [1.29, 1.82) is 0 Å². The number of halogens is 1. The Morgan fingerprint density at radius 2 is 2.50 bits per heavy atom. The first-order chi connectivity index (χ1) is 4.84. The molecule has 1 heterocycles. The zero-order valence-corrected chi connectivity index (χ0v) is 6.65. The van der Waals surface area contributed by atoms with Crippen LogP contribution in [0.5, 0.6) is 0 Å². The second-order valence-corrected chi connectivity index (χ2v) is 2.98. The lowest BCUT2D eigenvalue weighted by Crippen LogP contribution is -1.67. The van der Waals surface area contributed by atoms with Crippen molar-refractivity contribution >= 4 is 34.3 Å². The molecule has 52 valence electrons. The molecule has 0 spiro atoms. The molecule has 0 saturated carbocycles. The van der Waals surface area contributed by atoms with E-state index in [2.05, 4.69) is 0 Å². The van der Waals surface area contributed by atoms with Crippen molar-refractivity contribution in [3.63, 3.8) is 0 Å². The van der Waals surface area contributed by atoms with Gasteiger partial charge in [-0.05, 0) is 17.5 Å². The van der Waals surface area contributed by atoms with E-state index in [1.54, 1.807) is 0 Å². The molecule has 0 aliphatic rings. The summed E-state index contributed by atoms with van der Waals surface area (Å²) in [6.45, 7) is 0. The van der Waals surface area contributed by atoms with Crippen molar-refractivity contribution in [3.8, 4) is 0 Å². The molecule has 0 saturated heterocycles. The van der Waals surface area contributed by atoms with Crippen LogP contribution in [-0.4, -0.2) is 6.29 Å². The van der Waals surface area contributed by atoms with Crippen LogP contribution in [0.4, 0.5) is 0 Å². The van der Waals surface area contributed by atoms with E-state index in [0.717, 1.165) is 4.88 Å². The average molecular weight is 173 g/mol. The molecule has 0 atom stereocenters. The quantitative estimate of drug-likeness (QED) is 0.495. The SMILES string of the molecule is O=C/C=C(/Cl)c1cccs1. The first-order valence-corrected chi connectivity index (χ1v) is 3.95. The van der Waals surface area contributed by atoms with Gasteiger partial charge in [-0.2, -0.15) is 0 Å². The fraction of sp³-hybridized carbons (Fsp3) is 0. The molecule has 0 radical (unpaired) electrons. The van der Waals surface area contributed by atoms with Gasteiger partial charge in [0.05, 0.1) is 5.03 Å². The lowest BCUT2D eigenvalue weighted by Gasteiger charge is -1.86. The molecule has 10 heavy (non-hydrogen) atoms. The highest BCUT2D eigenvalue weighted by molar-refractivity contribution is 7.12. The third-order valence-corrected chi connectivity index (χ3v) is 2.32. The molecule has 0 unspecified atom stereocenters. The summed E-state index contributed by atoms with van der Waals surface area (Å²) in [5.74, 6) is 0. The second-order valence-electron chi connectivity index (χ2n) is 1.63. The zero-order valence-electron chi connectivity index (χ0n) is 5.08. The van der Waals surface area contributed by atoms with Crippen LogP contribution in [0.2, 0.25) is 0 Å². The number of allylic oxidation sites excluding steroid dienone is 1. The number of hydrogen-bond donors (Lipinski definition) is 0. The molecule has 3 heteroatoms. The highest BCUT2D eigenvalue weighted by Gasteiger charge is 1.95. The van der Waals surface area contributed by atoms with E-state index < -0.39 is 0 Å². The Labute approximate surface area is 67.9 Å². The largest absolute Gasteiger partial charge is 0.299 e. The predicted molar refractivity (Wildman–Crippen MR) is 44.2 cm³/mol. The van der Waals surface area contributed by atoms with E-state index in [-0.39, 0.29) is 0 Å². The minimum Gasteiger partial charge on any atom is -0.299 e. The van der Waals surface area contributed by atoms with Gasteiger partial charge in [0.25, 0.3) is 0 Å². The van der Waals surface area contributed by atoms with Gasteiger partial charge in [-0.25, -0.2) is 0 Å². The fourth-order valence-electron chi connectivity index (χ4n) is 0.556. The molecule has 1 rings (SSSR count). The van der Waals surface area contributed by atoms with E-state index >= 15 is 0 Å². The fourth-order valence-corrected chi connectivity index (χ4v) is 1.45. The van der Waals surface area contributed by atoms with E-state index in [1.807, 2.05) is 17.5 Å². The number of carbonyl (C=O) groups excluding carboxylic acids is 1. The molecule has 0 aliphatic carbocycles. The summed E-state index contributed by atoms with van der Waals surface area (Å²) < 4.78 is 0. The summed E-state index contributed by atoms with van der Waals surface area (Å²) in [6.07, 6.45) is 2.02. The molecule has 0 N–H and O–H groups in total. The van der Waals surface area contributed by atoms with Crippen LogP contribution in [0.1, 0.15) is 4.88 Å². The van der Waals surface area contributed by atoms with E-state index in [4.69, 9.17) is 11.6 Å². The topological polar surface area (TPSA) is 17.1 Å². The van der Waals surface area contributed by atoms with E-state index in [9.17, 15) is 4.79 Å². The van der Waals surface area contributed by atoms with Crippen LogP contribution in [-0.2, 0) is 4.79 Å². The third-order valence-electron chi connectivity index (χ3n) is 0.971. The monoisotopic (exact) mass is 172 g/mol. The molecular formula is C7H5ClOS. The van der Waals surface area contributed by atoms with Gasteiger partial charge in [0.2, 0.25) is 0 Å². The van der Waals surface area contributed by atoms with Crippen molar-refractivity contribution in [3.05, 3.63) is 28.5 Å². The van der Waals surface area contributed by atoms with Crippen molar-refractivity contribution in [2.24, 2.45) is 0 Å². The Hall–Kier alpha value is -0.600. The van der Waals surface area contributed by atoms with Crippen LogP contribution < -0.4 is 0 Å². The van der Waals surface area contributed by atoms with Gasteiger partial charge in [-0.1, -0.05) is 17.7 Å². The molecular weight excluding hydrogens is 168 g/mol. The maximum atomic E-state index is 9.95. The minimum atomic E-state index is 0.505. The number of aldehydes is 1. The molecule has 0 bridgehead atoms. The molecule has 0 aliphatic heterocycles. The summed E-state index contributed by atoms with van der Waals surface area (Å²) in [4.78, 5) is 10.9. The molecule has 0 amide bonds. The summed E-state index contributed by atoms with van der Waals surface area (Å²) in [5, 5.41) is 2.42. The number of hydrogen-bond acceptors (Lipinski definition) is 2. The van der Waals surface area contributed by atoms with Gasteiger partial charge in [-0.3, -0.25) is 4.79 Å². The maximum Gasteiger partial charge on any atom is 0.144 e. The van der Waals surface area contributed by atoms with Crippen molar-refractivity contribution in [1.82, 2.24) is 0 Å². The second kappa shape index (κ2) is 3.54. The van der Waals surface area contributed by atoms with Gasteiger partial charge < -0.3 is 0 Å². The number of rotatable bonds is 2. The van der Waals surface area contributed by atoms with Crippen LogP contribution in [0.15, 0.2) is 23.6 Å². The van der Waals surface area contributed by atoms with Gasteiger partial charge in [0.1, 0.15) is 6.29 Å². The molecule has 1 nitrogen and oxygen atoms in total. The Kier molecular flexibility index (Phi) is 2.66. The van der Waals surface area contributed by atoms with Gasteiger partial charge in [-0.15, -0.1) is 11.3 Å². The lowest BCUT2D eigenvalue weighted by atomic mass is 10.4. The zero-order chi connectivity index (χ0) is 7.40. The van der Waals surface area contributed by atoms with E-state index in [1.165, 1.54) is 17.4 Å². The normalized spacial score (nSPS) is 11.5. The Morgan fingerprint density at radius 1 is 1.70 bits per heavy atom. The van der Waals surface area contributed by atoms with Crippen molar-refractivity contribution in [2.75, 3.05) is 0 Å². The lowest BCUT2D eigenvalue weighted by molar-refractivity contribution is -0.104. The van der Waals surface area contributed by atoms with Crippen molar-refractivity contribution < 1.29 is 4.79 Å². The summed E-state index contributed by atoms with van der Waals surface area (Å²) in [6, 6.07) is 3.76. The maximum absolute atomic E-state index is 9.95. The first-order valence-electron chi connectivity index (χ1n) is 2.69.